The zero-order chi connectivity index (χ0) is 20.3. The second-order valence-corrected chi connectivity index (χ2v) is 7.61. The molecule has 0 aliphatic carbocycles. The van der Waals surface area contributed by atoms with E-state index in [4.69, 9.17) is 18.9 Å². The molecular weight excluding hydrogens is 406 g/mol. The topological polar surface area (TPSA) is 147 Å². The van der Waals surface area contributed by atoms with Crippen molar-refractivity contribution in [1.82, 2.24) is 4.57 Å². The summed E-state index contributed by atoms with van der Waals surface area (Å²) in [6.45, 7) is 2.89. The van der Waals surface area contributed by atoms with Crippen molar-refractivity contribution in [1.29, 1.82) is 0 Å². The van der Waals surface area contributed by atoms with Crippen LogP contribution in [0.3, 0.4) is 0 Å². The minimum atomic E-state index is -1.77. The van der Waals surface area contributed by atoms with Crippen LogP contribution in [-0.4, -0.2) is 58.8 Å². The standard InChI is InChI=1S/C14H17NO10S2/c1-5(16)22-4-8-10(23-6(2)17)11(24-7(3)18)9(12(19)25-8)15-13(20)26-27-14(15)21/h8-12,19H,4H2,1-3H3/t8-,9-,10-,11-,12?/m1/s1. The van der Waals surface area contributed by atoms with Crippen molar-refractivity contribution in [3.8, 4) is 0 Å². The van der Waals surface area contributed by atoms with Gasteiger partial charge in [0.2, 0.25) is 0 Å². The highest BCUT2D eigenvalue weighted by molar-refractivity contribution is 7.67. The number of hydrogen-bond acceptors (Lipinski definition) is 12. The fourth-order valence-electron chi connectivity index (χ4n) is 2.65. The summed E-state index contributed by atoms with van der Waals surface area (Å²) >= 11 is 0. The molecule has 1 unspecified atom stereocenters. The van der Waals surface area contributed by atoms with E-state index in [0.29, 0.717) is 25.2 Å². The Labute approximate surface area is 159 Å². The normalized spacial score (nSPS) is 27.6. The zero-order valence-electron chi connectivity index (χ0n) is 14.5. The van der Waals surface area contributed by atoms with E-state index in [1.807, 2.05) is 0 Å². The van der Waals surface area contributed by atoms with Crippen molar-refractivity contribution in [3.63, 3.8) is 0 Å². The first-order chi connectivity index (χ1) is 12.6. The second kappa shape index (κ2) is 8.73. The fourth-order valence-corrected chi connectivity index (χ4v) is 4.33. The van der Waals surface area contributed by atoms with Gasteiger partial charge in [0.05, 0.1) is 0 Å². The van der Waals surface area contributed by atoms with Crippen LogP contribution >= 0.6 is 20.7 Å². The predicted octanol–water partition coefficient (Wildman–Crippen LogP) is -0.984. The number of rotatable bonds is 5. The van der Waals surface area contributed by atoms with Gasteiger partial charge in [0.1, 0.15) is 18.8 Å². The van der Waals surface area contributed by atoms with Crippen LogP contribution in [0.2, 0.25) is 0 Å². The average molecular weight is 423 g/mol. The third-order valence-electron chi connectivity index (χ3n) is 3.56. The Morgan fingerprint density at radius 2 is 1.52 bits per heavy atom. The summed E-state index contributed by atoms with van der Waals surface area (Å²) in [7, 11) is 1.26. The minimum Gasteiger partial charge on any atom is -0.463 e. The lowest BCUT2D eigenvalue weighted by molar-refractivity contribution is -0.273. The van der Waals surface area contributed by atoms with Gasteiger partial charge in [-0.05, 0) is 20.7 Å². The van der Waals surface area contributed by atoms with Crippen molar-refractivity contribution in [2.24, 2.45) is 0 Å². The molecule has 2 heterocycles. The van der Waals surface area contributed by atoms with Gasteiger partial charge in [-0.15, -0.1) is 0 Å². The molecular formula is C14H17NO10S2. The van der Waals surface area contributed by atoms with Crippen LogP contribution in [0.15, 0.2) is 9.59 Å². The van der Waals surface area contributed by atoms with Crippen molar-refractivity contribution >= 4 is 38.6 Å². The number of carbonyl (C=O) groups is 3. The Hall–Kier alpha value is -2.09. The number of esters is 3. The lowest BCUT2D eigenvalue weighted by atomic mass is 9.96. The van der Waals surface area contributed by atoms with Crippen LogP contribution in [0, 0.1) is 0 Å². The van der Waals surface area contributed by atoms with Gasteiger partial charge < -0.3 is 24.1 Å². The highest BCUT2D eigenvalue weighted by atomic mass is 32.9. The van der Waals surface area contributed by atoms with Crippen LogP contribution in [0.4, 0.5) is 0 Å². The molecule has 11 nitrogen and oxygen atoms in total. The summed E-state index contributed by atoms with van der Waals surface area (Å²) in [6.07, 6.45) is -5.73. The van der Waals surface area contributed by atoms with Gasteiger partial charge in [-0.25, -0.2) is 4.57 Å². The first-order valence-electron chi connectivity index (χ1n) is 7.64. The van der Waals surface area contributed by atoms with Crippen LogP contribution < -0.4 is 9.75 Å². The van der Waals surface area contributed by atoms with E-state index in [9.17, 15) is 29.1 Å². The first kappa shape index (κ1) is 21.2. The van der Waals surface area contributed by atoms with E-state index in [1.165, 1.54) is 0 Å². The summed E-state index contributed by atoms with van der Waals surface area (Å²) in [5, 5.41) is 10.4. The second-order valence-electron chi connectivity index (χ2n) is 5.57. The maximum absolute atomic E-state index is 12.0. The molecule has 1 saturated heterocycles. The third-order valence-corrected chi connectivity index (χ3v) is 5.43. The van der Waals surface area contributed by atoms with E-state index in [-0.39, 0.29) is 0 Å². The van der Waals surface area contributed by atoms with Gasteiger partial charge in [0.25, 0.3) is 0 Å². The van der Waals surface area contributed by atoms with Crippen molar-refractivity contribution in [2.75, 3.05) is 6.61 Å². The summed E-state index contributed by atoms with van der Waals surface area (Å²) < 4.78 is 21.2. The average Bonchev–Trinajstić information content (AvgIpc) is 2.87. The molecule has 1 aromatic heterocycles. The molecule has 1 aromatic rings. The van der Waals surface area contributed by atoms with E-state index in [0.717, 1.165) is 20.8 Å². The number of hydrogen-bond donors (Lipinski definition) is 1. The van der Waals surface area contributed by atoms with Gasteiger partial charge >= 0.3 is 27.7 Å². The molecule has 150 valence electrons. The minimum absolute atomic E-state index is 0.416. The number of aromatic nitrogens is 1. The monoisotopic (exact) mass is 423 g/mol. The maximum atomic E-state index is 12.0. The third kappa shape index (κ3) is 5.00. The molecule has 13 heteroatoms. The molecule has 0 aromatic carbocycles. The molecule has 1 fully saturated rings. The van der Waals surface area contributed by atoms with Gasteiger partial charge in [-0.2, -0.15) is 0 Å². The fraction of sp³-hybridized carbons (Fsp3) is 0.643. The molecule has 27 heavy (non-hydrogen) atoms. The summed E-state index contributed by atoms with van der Waals surface area (Å²) in [5.41, 5.74) is 0. The highest BCUT2D eigenvalue weighted by Gasteiger charge is 2.51. The lowest BCUT2D eigenvalue weighted by Crippen LogP contribution is -2.61. The van der Waals surface area contributed by atoms with E-state index in [1.54, 1.807) is 0 Å². The Morgan fingerprint density at radius 3 is 2.00 bits per heavy atom. The first-order valence-corrected chi connectivity index (χ1v) is 9.79. The number of aliphatic hydroxyl groups is 1. The SMILES string of the molecule is CC(=O)OC[C@H]1OC(O)[C@H](n2c(=O)ssc2=O)[C@@H](OC(C)=O)[C@@H]1OC(C)=O. The largest absolute Gasteiger partial charge is 0.463 e. The van der Waals surface area contributed by atoms with Crippen LogP contribution in [0.5, 0.6) is 0 Å². The summed E-state index contributed by atoms with van der Waals surface area (Å²) in [5.74, 6) is -2.23. The Balaban J connectivity index is 2.49. The quantitative estimate of drug-likeness (QED) is 0.356. The number of ether oxygens (including phenoxy) is 4. The maximum Gasteiger partial charge on any atom is 0.321 e. The molecule has 0 saturated carbocycles. The van der Waals surface area contributed by atoms with Gasteiger partial charge in [0.15, 0.2) is 18.5 Å². The van der Waals surface area contributed by atoms with E-state index in [2.05, 4.69) is 0 Å². The molecule has 0 radical (unpaired) electrons. The summed E-state index contributed by atoms with van der Waals surface area (Å²) in [6, 6.07) is -1.45. The molecule has 2 rings (SSSR count). The number of aliphatic hydroxyl groups excluding tert-OH is 1. The van der Waals surface area contributed by atoms with Gasteiger partial charge in [0, 0.05) is 20.8 Å². The van der Waals surface area contributed by atoms with E-state index >= 15 is 0 Å². The Kier molecular flexibility index (Phi) is 6.86. The van der Waals surface area contributed by atoms with Crippen LogP contribution in [-0.2, 0) is 33.3 Å². The molecule has 0 spiro atoms. The van der Waals surface area contributed by atoms with Crippen LogP contribution in [0.25, 0.3) is 0 Å². The summed E-state index contributed by atoms with van der Waals surface area (Å²) in [4.78, 5) is 56.9. The lowest BCUT2D eigenvalue weighted by Gasteiger charge is -2.43. The molecule has 1 aliphatic rings. The number of nitrogens with zero attached hydrogens (tertiary/aromatic N) is 1. The van der Waals surface area contributed by atoms with Gasteiger partial charge in [-0.1, -0.05) is 0 Å². The molecule has 1 N–H and O–H groups in total. The van der Waals surface area contributed by atoms with E-state index < -0.39 is 64.9 Å². The van der Waals surface area contributed by atoms with Crippen molar-refractivity contribution in [3.05, 3.63) is 19.3 Å². The van der Waals surface area contributed by atoms with Crippen molar-refractivity contribution < 1.29 is 38.4 Å². The molecule has 0 bridgehead atoms. The Morgan fingerprint density at radius 1 is 1.00 bits per heavy atom. The highest BCUT2D eigenvalue weighted by Crippen LogP contribution is 2.32. The predicted molar refractivity (Wildman–Crippen MR) is 90.4 cm³/mol. The van der Waals surface area contributed by atoms with Gasteiger partial charge in [-0.3, -0.25) is 24.0 Å². The molecule has 1 aliphatic heterocycles. The zero-order valence-corrected chi connectivity index (χ0v) is 16.1. The molecule has 5 atom stereocenters. The van der Waals surface area contributed by atoms with Crippen molar-refractivity contribution in [2.45, 2.75) is 51.4 Å². The number of carbonyl (C=O) groups excluding carboxylic acids is 3. The Bertz CT molecular complexity index is 799. The molecule has 0 amide bonds. The smallest absolute Gasteiger partial charge is 0.321 e. The van der Waals surface area contributed by atoms with Crippen LogP contribution in [0.1, 0.15) is 26.8 Å².